The second-order valence-electron chi connectivity index (χ2n) is 13.1. The lowest BCUT2D eigenvalue weighted by Crippen LogP contribution is -2.52. The van der Waals surface area contributed by atoms with Gasteiger partial charge in [-0.2, -0.15) is 15.2 Å². The zero-order valence-corrected chi connectivity index (χ0v) is 27.0. The summed E-state index contributed by atoms with van der Waals surface area (Å²) in [7, 11) is 1.83. The van der Waals surface area contributed by atoms with E-state index in [1.807, 2.05) is 18.0 Å². The van der Waals surface area contributed by atoms with Crippen LogP contribution in [0.1, 0.15) is 44.1 Å². The second kappa shape index (κ2) is 10.7. The summed E-state index contributed by atoms with van der Waals surface area (Å²) in [5.74, 6) is -0.937. The lowest BCUT2D eigenvalue weighted by Gasteiger charge is -2.44. The molecule has 0 bridgehead atoms. The Morgan fingerprint density at radius 2 is 2.04 bits per heavy atom. The number of aromatic nitrogens is 2. The first-order valence-corrected chi connectivity index (χ1v) is 16.7. The van der Waals surface area contributed by atoms with Gasteiger partial charge in [0.2, 0.25) is 6.04 Å². The molecule has 1 aliphatic carbocycles. The number of nitrogens with two attached hydrogens (primary N) is 1. The Morgan fingerprint density at radius 3 is 2.81 bits per heavy atom. The number of rotatable bonds is 4. The van der Waals surface area contributed by atoms with Crippen LogP contribution in [0.15, 0.2) is 12.1 Å². The first-order valence-electron chi connectivity index (χ1n) is 15.5. The predicted octanol–water partition coefficient (Wildman–Crippen LogP) is 6.89. The molecule has 4 aromatic rings. The maximum atomic E-state index is 17.2. The number of hydrogen-bond acceptors (Lipinski definition) is 9. The van der Waals surface area contributed by atoms with Crippen molar-refractivity contribution in [3.8, 4) is 29.0 Å². The topological polar surface area (TPSA) is 105 Å². The maximum absolute atomic E-state index is 17.2. The molecule has 0 unspecified atom stereocenters. The summed E-state index contributed by atoms with van der Waals surface area (Å²) >= 11 is 8.01. The van der Waals surface area contributed by atoms with Gasteiger partial charge in [0.25, 0.3) is 0 Å². The van der Waals surface area contributed by atoms with Gasteiger partial charge in [-0.3, -0.25) is 4.90 Å². The normalized spacial score (nSPS) is 26.8. The van der Waals surface area contributed by atoms with Gasteiger partial charge >= 0.3 is 6.01 Å². The molecule has 1 saturated carbocycles. The third-order valence-corrected chi connectivity index (χ3v) is 11.7. The molecule has 3 fully saturated rings. The Bertz CT molecular complexity index is 2070. The number of halogens is 4. The van der Waals surface area contributed by atoms with E-state index in [2.05, 4.69) is 14.7 Å². The van der Waals surface area contributed by atoms with Crippen molar-refractivity contribution < 1.29 is 22.6 Å². The number of thiophene rings is 1. The molecule has 47 heavy (non-hydrogen) atoms. The Labute approximate surface area is 277 Å². The number of alkyl halides is 1. The van der Waals surface area contributed by atoms with Gasteiger partial charge in [-0.25, -0.2) is 19.7 Å². The van der Waals surface area contributed by atoms with E-state index in [-0.39, 0.29) is 72.1 Å². The summed E-state index contributed by atoms with van der Waals surface area (Å²) in [5.41, 5.74) is 4.84. The lowest BCUT2D eigenvalue weighted by atomic mass is 9.73. The van der Waals surface area contributed by atoms with Gasteiger partial charge in [0, 0.05) is 43.9 Å². The number of ether oxygens (including phenoxy) is 2. The van der Waals surface area contributed by atoms with Gasteiger partial charge in [0.15, 0.2) is 11.6 Å². The zero-order chi connectivity index (χ0) is 32.8. The molecule has 1 spiro atoms. The van der Waals surface area contributed by atoms with E-state index >= 15 is 8.78 Å². The summed E-state index contributed by atoms with van der Waals surface area (Å²) in [6, 6.07) is 4.31. The molecule has 2 aromatic heterocycles. The molecule has 9 nitrogen and oxygen atoms in total. The Kier molecular flexibility index (Phi) is 6.92. The first kappa shape index (κ1) is 30.3. The van der Waals surface area contributed by atoms with Crippen LogP contribution in [-0.4, -0.2) is 71.5 Å². The molecule has 2 atom stereocenters. The van der Waals surface area contributed by atoms with E-state index in [1.165, 1.54) is 12.1 Å². The summed E-state index contributed by atoms with van der Waals surface area (Å²) in [6.45, 7) is 9.30. The van der Waals surface area contributed by atoms with Crippen LogP contribution in [0, 0.1) is 29.5 Å². The molecule has 14 heteroatoms. The molecule has 242 valence electrons. The van der Waals surface area contributed by atoms with Crippen LogP contribution in [0.3, 0.4) is 0 Å². The Morgan fingerprint density at radius 1 is 1.23 bits per heavy atom. The van der Waals surface area contributed by atoms with Crippen molar-refractivity contribution in [3.63, 3.8) is 0 Å². The molecular weight excluding hydrogens is 651 g/mol. The third-order valence-electron chi connectivity index (χ3n) is 10.4. The fraction of sp³-hybridized carbons (Fsp3) is 0.455. The van der Waals surface area contributed by atoms with Crippen molar-refractivity contribution in [2.45, 2.75) is 61.9 Å². The van der Waals surface area contributed by atoms with Crippen molar-refractivity contribution >= 4 is 54.7 Å². The lowest BCUT2D eigenvalue weighted by molar-refractivity contribution is -0.0169. The van der Waals surface area contributed by atoms with Crippen LogP contribution in [-0.2, 0) is 0 Å². The van der Waals surface area contributed by atoms with E-state index in [1.54, 1.807) is 0 Å². The minimum absolute atomic E-state index is 0.0178. The number of nitrogen functional groups attached to an aromatic ring is 1. The van der Waals surface area contributed by atoms with Crippen LogP contribution < -0.4 is 20.1 Å². The van der Waals surface area contributed by atoms with E-state index in [4.69, 9.17) is 38.4 Å². The summed E-state index contributed by atoms with van der Waals surface area (Å²) < 4.78 is 59.7. The van der Waals surface area contributed by atoms with Gasteiger partial charge < -0.3 is 25.0 Å². The molecular formula is C33H29ClF3N7O2S. The summed E-state index contributed by atoms with van der Waals surface area (Å²) in [4.78, 5) is 17.0. The summed E-state index contributed by atoms with van der Waals surface area (Å²) in [6.07, 6.45) is 2.60. The van der Waals surface area contributed by atoms with Gasteiger partial charge in [-0.05, 0) is 31.0 Å². The van der Waals surface area contributed by atoms with Crippen molar-refractivity contribution in [1.82, 2.24) is 14.9 Å². The quantitative estimate of drug-likeness (QED) is 0.233. The number of hydrogen-bond donors (Lipinski definition) is 1. The highest BCUT2D eigenvalue weighted by Gasteiger charge is 2.53. The van der Waals surface area contributed by atoms with Crippen molar-refractivity contribution in [3.05, 3.63) is 45.8 Å². The number of nitriles is 1. The molecule has 2 N–H and O–H groups in total. The first-order chi connectivity index (χ1) is 22.6. The van der Waals surface area contributed by atoms with E-state index < -0.39 is 28.9 Å². The Balaban J connectivity index is 1.35. The van der Waals surface area contributed by atoms with Gasteiger partial charge in [0.05, 0.1) is 39.1 Å². The SMILES string of the molecule is [C-]#[N+]C1CC2(CCN(C)c3nc(OC[C@@]45CCCN4C[C@H](F)C5)nc4c(F)c(-c5ccc(F)c6sc(N)c(C#N)c56)c(Cl)c(c34)O2)C1. The third kappa shape index (κ3) is 4.50. The fourth-order valence-corrected chi connectivity index (χ4v) is 9.25. The largest absolute Gasteiger partial charge is 0.484 e. The van der Waals surface area contributed by atoms with Gasteiger partial charge in [0.1, 0.15) is 46.6 Å². The van der Waals surface area contributed by atoms with Crippen LogP contribution >= 0.6 is 22.9 Å². The number of anilines is 2. The van der Waals surface area contributed by atoms with Crippen molar-refractivity contribution in [2.24, 2.45) is 0 Å². The highest BCUT2D eigenvalue weighted by atomic mass is 35.5. The van der Waals surface area contributed by atoms with Crippen molar-refractivity contribution in [2.75, 3.05) is 43.9 Å². The van der Waals surface area contributed by atoms with Gasteiger partial charge in [-0.1, -0.05) is 17.7 Å². The molecule has 2 saturated heterocycles. The molecule has 5 heterocycles. The summed E-state index contributed by atoms with van der Waals surface area (Å²) in [5, 5.41) is 10.3. The smallest absolute Gasteiger partial charge is 0.319 e. The Hall–Kier alpha value is -4.04. The van der Waals surface area contributed by atoms with Crippen LogP contribution in [0.25, 0.3) is 37.0 Å². The van der Waals surface area contributed by atoms with E-state index in [9.17, 15) is 9.65 Å². The molecule has 4 aliphatic rings. The minimum atomic E-state index is -0.948. The minimum Gasteiger partial charge on any atom is -0.484 e. The molecule has 2 aromatic carbocycles. The molecule has 0 radical (unpaired) electrons. The van der Waals surface area contributed by atoms with Crippen LogP contribution in [0.5, 0.6) is 11.8 Å². The average molecular weight is 680 g/mol. The molecule has 0 amide bonds. The van der Waals surface area contributed by atoms with Crippen LogP contribution in [0.4, 0.5) is 24.0 Å². The monoisotopic (exact) mass is 679 g/mol. The average Bonchev–Trinajstić information content (AvgIpc) is 3.68. The number of nitrogens with zero attached hydrogens (tertiary/aromatic N) is 6. The molecule has 8 rings (SSSR count). The van der Waals surface area contributed by atoms with Gasteiger partial charge in [-0.15, -0.1) is 11.3 Å². The van der Waals surface area contributed by atoms with E-state index in [0.29, 0.717) is 44.6 Å². The number of fused-ring (bicyclic) bond motifs is 2. The number of benzene rings is 2. The highest BCUT2D eigenvalue weighted by molar-refractivity contribution is 7.23. The van der Waals surface area contributed by atoms with Crippen LogP contribution in [0.2, 0.25) is 5.02 Å². The predicted molar refractivity (Wildman–Crippen MR) is 174 cm³/mol. The zero-order valence-electron chi connectivity index (χ0n) is 25.4. The maximum Gasteiger partial charge on any atom is 0.319 e. The fourth-order valence-electron chi connectivity index (χ4n) is 7.99. The highest BCUT2D eigenvalue weighted by Crippen LogP contribution is 2.54. The van der Waals surface area contributed by atoms with Crippen molar-refractivity contribution in [1.29, 1.82) is 5.26 Å². The molecule has 3 aliphatic heterocycles. The standard InChI is InChI=1S/C33H29ClF3N7O2S/c1-40-17-11-33(12-17)7-9-43(2)30-23-26(41-31(42-30)45-15-32-6-3-8-44(32)14-16(35)10-32)25(37)22(24(34)27(23)46-33)18-4-5-20(36)28-21(18)19(13-38)29(39)47-28/h4-5,16-17H,3,6-12,14-15,39H2,2H3/t16-,17?,32+,33?/m1/s1. The second-order valence-corrected chi connectivity index (χ2v) is 14.6. The van der Waals surface area contributed by atoms with E-state index in [0.717, 1.165) is 30.7 Å².